The zero-order valence-electron chi connectivity index (χ0n) is 16.8. The molecule has 3 aromatic rings. The van der Waals surface area contributed by atoms with Gasteiger partial charge in [-0.2, -0.15) is 18.2 Å². The lowest BCUT2D eigenvalue weighted by Crippen LogP contribution is -2.43. The highest BCUT2D eigenvalue weighted by atomic mass is 19.4. The van der Waals surface area contributed by atoms with Crippen LogP contribution in [0.2, 0.25) is 0 Å². The first kappa shape index (κ1) is 20.7. The minimum atomic E-state index is -4.61. The van der Waals surface area contributed by atoms with Crippen LogP contribution in [0.5, 0.6) is 11.5 Å². The summed E-state index contributed by atoms with van der Waals surface area (Å²) in [7, 11) is 1.67. The summed E-state index contributed by atoms with van der Waals surface area (Å²) in [5.41, 5.74) is 12.6. The molecule has 0 radical (unpaired) electrons. The first-order valence-electron chi connectivity index (χ1n) is 9.44. The van der Waals surface area contributed by atoms with Crippen molar-refractivity contribution < 1.29 is 17.9 Å². The second kappa shape index (κ2) is 7.59. The van der Waals surface area contributed by atoms with E-state index in [1.165, 1.54) is 18.2 Å². The van der Waals surface area contributed by atoms with Gasteiger partial charge in [0.15, 0.2) is 11.8 Å². The third-order valence-corrected chi connectivity index (χ3v) is 5.06. The predicted molar refractivity (Wildman–Crippen MR) is 112 cm³/mol. The Balaban J connectivity index is 1.88. The van der Waals surface area contributed by atoms with Crippen LogP contribution in [0.4, 0.5) is 19.0 Å². The Labute approximate surface area is 177 Å². The van der Waals surface area contributed by atoms with Crippen molar-refractivity contribution in [3.05, 3.63) is 71.3 Å². The molecule has 6 nitrogen and oxygen atoms in total. The van der Waals surface area contributed by atoms with Gasteiger partial charge in [0.05, 0.1) is 16.8 Å². The average molecular weight is 427 g/mol. The molecular weight excluding hydrogens is 407 g/mol. The molecule has 0 saturated heterocycles. The molecule has 1 aliphatic heterocycles. The number of pyridine rings is 1. The summed E-state index contributed by atoms with van der Waals surface area (Å²) in [6.07, 6.45) is -5.21. The second-order valence-electron chi connectivity index (χ2n) is 7.23. The molecule has 0 aliphatic carbocycles. The van der Waals surface area contributed by atoms with Crippen molar-refractivity contribution in [2.75, 3.05) is 7.05 Å². The Bertz CT molecular complexity index is 1160. The minimum absolute atomic E-state index is 0.0281. The van der Waals surface area contributed by atoms with Gasteiger partial charge in [0.2, 0.25) is 0 Å². The molecule has 1 aliphatic rings. The van der Waals surface area contributed by atoms with Gasteiger partial charge in [0.25, 0.3) is 0 Å². The molecule has 0 bridgehead atoms. The molecule has 31 heavy (non-hydrogen) atoms. The number of hydrogen-bond donors (Lipinski definition) is 2. The van der Waals surface area contributed by atoms with Crippen LogP contribution in [0.15, 0.2) is 59.6 Å². The molecule has 0 spiro atoms. The molecular formula is C22H20F3N5O. The van der Waals surface area contributed by atoms with Crippen LogP contribution in [0.3, 0.4) is 0 Å². The van der Waals surface area contributed by atoms with Crippen LogP contribution < -0.4 is 16.2 Å². The molecule has 4 N–H and O–H groups in total. The van der Waals surface area contributed by atoms with Crippen molar-refractivity contribution in [1.82, 2.24) is 9.88 Å². The SMILES string of the molecule is Cc1ccc(Oc2cccc(C(F)(F)F)c2-c2ccc3c(n2)N=C(N)N(C)C3N)cc1. The highest BCUT2D eigenvalue weighted by Gasteiger charge is 2.36. The van der Waals surface area contributed by atoms with Gasteiger partial charge in [-0.25, -0.2) is 4.98 Å². The maximum atomic E-state index is 13.9. The number of aromatic nitrogens is 1. The van der Waals surface area contributed by atoms with Gasteiger partial charge in [-0.1, -0.05) is 23.8 Å². The number of rotatable bonds is 3. The molecule has 160 valence electrons. The smallest absolute Gasteiger partial charge is 0.417 e. The van der Waals surface area contributed by atoms with Gasteiger partial charge in [-0.05, 0) is 43.3 Å². The van der Waals surface area contributed by atoms with Gasteiger partial charge in [-0.15, -0.1) is 0 Å². The number of alkyl halides is 3. The minimum Gasteiger partial charge on any atom is -0.457 e. The monoisotopic (exact) mass is 427 g/mol. The van der Waals surface area contributed by atoms with Crippen LogP contribution in [-0.2, 0) is 6.18 Å². The van der Waals surface area contributed by atoms with E-state index in [4.69, 9.17) is 16.2 Å². The molecule has 1 unspecified atom stereocenters. The van der Waals surface area contributed by atoms with Crippen LogP contribution in [0.1, 0.15) is 22.9 Å². The maximum absolute atomic E-state index is 13.9. The van der Waals surface area contributed by atoms with Crippen LogP contribution in [0.25, 0.3) is 11.3 Å². The molecule has 2 heterocycles. The number of nitrogens with zero attached hydrogens (tertiary/aromatic N) is 3. The number of fused-ring (bicyclic) bond motifs is 1. The van der Waals surface area contributed by atoms with Crippen LogP contribution >= 0.6 is 0 Å². The van der Waals surface area contributed by atoms with Crippen molar-refractivity contribution in [3.63, 3.8) is 0 Å². The average Bonchev–Trinajstić information content (AvgIpc) is 2.72. The number of benzene rings is 2. The summed E-state index contributed by atoms with van der Waals surface area (Å²) in [6, 6.07) is 13.9. The fourth-order valence-corrected chi connectivity index (χ4v) is 3.31. The molecule has 2 aromatic carbocycles. The summed E-state index contributed by atoms with van der Waals surface area (Å²) in [5, 5.41) is 0. The van der Waals surface area contributed by atoms with Crippen molar-refractivity contribution in [3.8, 4) is 22.8 Å². The lowest BCUT2D eigenvalue weighted by molar-refractivity contribution is -0.137. The summed E-state index contributed by atoms with van der Waals surface area (Å²) < 4.78 is 47.4. The fraction of sp³-hybridized carbons (Fsp3) is 0.182. The predicted octanol–water partition coefficient (Wildman–Crippen LogP) is 4.72. The molecule has 1 atom stereocenters. The number of aryl methyl sites for hydroxylation is 1. The number of nitrogens with two attached hydrogens (primary N) is 2. The van der Waals surface area contributed by atoms with Crippen LogP contribution in [0, 0.1) is 6.92 Å². The Morgan fingerprint density at radius 1 is 1.03 bits per heavy atom. The van der Waals surface area contributed by atoms with E-state index in [-0.39, 0.29) is 28.8 Å². The molecule has 9 heteroatoms. The Morgan fingerprint density at radius 3 is 2.42 bits per heavy atom. The van der Waals surface area contributed by atoms with E-state index in [0.717, 1.165) is 11.6 Å². The number of hydrogen-bond acceptors (Lipinski definition) is 6. The van der Waals surface area contributed by atoms with Crippen molar-refractivity contribution in [2.24, 2.45) is 16.5 Å². The van der Waals surface area contributed by atoms with E-state index in [0.29, 0.717) is 11.3 Å². The molecule has 0 fully saturated rings. The topological polar surface area (TPSA) is 89.8 Å². The van der Waals surface area contributed by atoms with Gasteiger partial charge >= 0.3 is 6.18 Å². The van der Waals surface area contributed by atoms with E-state index in [1.807, 2.05) is 19.1 Å². The largest absolute Gasteiger partial charge is 0.457 e. The zero-order valence-corrected chi connectivity index (χ0v) is 16.8. The van der Waals surface area contributed by atoms with E-state index in [9.17, 15) is 13.2 Å². The van der Waals surface area contributed by atoms with E-state index in [2.05, 4.69) is 9.98 Å². The van der Waals surface area contributed by atoms with Gasteiger partial charge < -0.3 is 21.1 Å². The molecule has 4 rings (SSSR count). The first-order valence-corrected chi connectivity index (χ1v) is 9.44. The Kier molecular flexibility index (Phi) is 5.06. The number of aliphatic imine (C=N–C) groups is 1. The van der Waals surface area contributed by atoms with Crippen molar-refractivity contribution >= 4 is 11.8 Å². The van der Waals surface area contributed by atoms with Gasteiger partial charge in [-0.3, -0.25) is 0 Å². The van der Waals surface area contributed by atoms with E-state index >= 15 is 0 Å². The number of ether oxygens (including phenoxy) is 1. The van der Waals surface area contributed by atoms with E-state index < -0.39 is 17.9 Å². The van der Waals surface area contributed by atoms with Crippen molar-refractivity contribution in [2.45, 2.75) is 19.3 Å². The third kappa shape index (κ3) is 3.91. The maximum Gasteiger partial charge on any atom is 0.417 e. The first-order chi connectivity index (χ1) is 14.6. The number of halogens is 3. The standard InChI is InChI=1S/C22H20F3N5O/c1-12-6-8-13(9-7-12)31-17-5-3-4-15(22(23,24)25)18(17)16-11-10-14-19(26)30(2)21(27)29-20(14)28-16/h3-11,19H,26H2,1-2H3,(H2,27,28,29). The summed E-state index contributed by atoms with van der Waals surface area (Å²) >= 11 is 0. The normalized spacial score (nSPS) is 16.0. The highest BCUT2D eigenvalue weighted by Crippen LogP contribution is 2.44. The fourth-order valence-electron chi connectivity index (χ4n) is 3.31. The lowest BCUT2D eigenvalue weighted by Gasteiger charge is -2.30. The van der Waals surface area contributed by atoms with Crippen molar-refractivity contribution in [1.29, 1.82) is 0 Å². The summed E-state index contributed by atoms with van der Waals surface area (Å²) in [6.45, 7) is 1.91. The van der Waals surface area contributed by atoms with Crippen LogP contribution in [-0.4, -0.2) is 22.9 Å². The Hall–Kier alpha value is -3.59. The van der Waals surface area contributed by atoms with E-state index in [1.54, 1.807) is 30.1 Å². The number of guanidine groups is 1. The molecule has 0 saturated carbocycles. The summed E-state index contributed by atoms with van der Waals surface area (Å²) in [4.78, 5) is 10.1. The second-order valence-corrected chi connectivity index (χ2v) is 7.23. The Morgan fingerprint density at radius 2 is 1.74 bits per heavy atom. The lowest BCUT2D eigenvalue weighted by atomic mass is 10.0. The molecule has 0 amide bonds. The molecule has 1 aromatic heterocycles. The highest BCUT2D eigenvalue weighted by molar-refractivity contribution is 5.84. The zero-order chi connectivity index (χ0) is 22.3. The summed E-state index contributed by atoms with van der Waals surface area (Å²) in [5.74, 6) is 0.749. The third-order valence-electron chi connectivity index (χ3n) is 5.06. The van der Waals surface area contributed by atoms with Gasteiger partial charge in [0.1, 0.15) is 17.7 Å². The quantitative estimate of drug-likeness (QED) is 0.632. The van der Waals surface area contributed by atoms with Gasteiger partial charge in [0, 0.05) is 12.6 Å².